The number of halogens is 6. The average Bonchev–Trinajstić information content (AvgIpc) is 2.24. The molecule has 0 radical (unpaired) electrons. The van der Waals surface area contributed by atoms with Crippen LogP contribution >= 0.6 is 0 Å². The fraction of sp³-hybridized carbons (Fsp3) is 0.500. The van der Waals surface area contributed by atoms with E-state index in [0.29, 0.717) is 12.1 Å². The van der Waals surface area contributed by atoms with E-state index >= 15 is 0 Å². The Hall–Kier alpha value is -1.40. The van der Waals surface area contributed by atoms with E-state index in [0.717, 1.165) is 0 Å². The fourth-order valence-electron chi connectivity index (χ4n) is 1.58. The van der Waals surface area contributed by atoms with E-state index in [4.69, 9.17) is 0 Å². The van der Waals surface area contributed by atoms with Gasteiger partial charge in [0.2, 0.25) is 0 Å². The van der Waals surface area contributed by atoms with Crippen molar-refractivity contribution in [2.45, 2.75) is 38.4 Å². The zero-order valence-corrected chi connectivity index (χ0v) is 10.1. The van der Waals surface area contributed by atoms with Gasteiger partial charge in [0.25, 0.3) is 0 Å². The largest absolute Gasteiger partial charge is 0.389 e. The van der Waals surface area contributed by atoms with Crippen molar-refractivity contribution in [1.29, 1.82) is 0 Å². The maximum atomic E-state index is 13.3. The molecular weight excluding hydrogens is 272 g/mol. The minimum Gasteiger partial charge on any atom is -0.380 e. The van der Waals surface area contributed by atoms with Crippen molar-refractivity contribution in [1.82, 2.24) is 0 Å². The molecule has 1 nitrogen and oxygen atoms in total. The van der Waals surface area contributed by atoms with Gasteiger partial charge in [0, 0.05) is 24.6 Å². The molecule has 0 saturated carbocycles. The molecule has 0 spiro atoms. The van der Waals surface area contributed by atoms with Gasteiger partial charge in [0.15, 0.2) is 11.6 Å². The number of benzene rings is 1. The predicted octanol–water partition coefficient (Wildman–Crippen LogP) is 4.64. The van der Waals surface area contributed by atoms with Crippen molar-refractivity contribution < 1.29 is 26.3 Å². The van der Waals surface area contributed by atoms with Crippen molar-refractivity contribution in [3.63, 3.8) is 0 Å². The van der Waals surface area contributed by atoms with E-state index in [1.54, 1.807) is 0 Å². The number of hydrogen-bond acceptors (Lipinski definition) is 1. The lowest BCUT2D eigenvalue weighted by atomic mass is 10.1. The first-order chi connectivity index (χ1) is 8.69. The van der Waals surface area contributed by atoms with Gasteiger partial charge in [-0.15, -0.1) is 0 Å². The minimum atomic E-state index is -4.23. The summed E-state index contributed by atoms with van der Waals surface area (Å²) in [4.78, 5) is 0. The summed E-state index contributed by atoms with van der Waals surface area (Å²) < 4.78 is 74.6. The molecule has 1 atom stereocenters. The van der Waals surface area contributed by atoms with E-state index < -0.39 is 36.1 Å². The molecule has 108 valence electrons. The monoisotopic (exact) mass is 285 g/mol. The SMILES string of the molecule is CC(CCCC(F)(F)F)Nc1cc(F)c(F)cc1F. The van der Waals surface area contributed by atoms with Crippen LogP contribution < -0.4 is 5.32 Å². The first-order valence-electron chi connectivity index (χ1n) is 5.67. The number of nitrogens with one attached hydrogen (secondary N) is 1. The summed E-state index contributed by atoms with van der Waals surface area (Å²) in [6, 6.07) is 0.548. The van der Waals surface area contributed by atoms with Gasteiger partial charge in [-0.3, -0.25) is 0 Å². The second kappa shape index (κ2) is 6.16. The third-order valence-electron chi connectivity index (χ3n) is 2.51. The summed E-state index contributed by atoms with van der Waals surface area (Å²) in [5.74, 6) is -3.51. The van der Waals surface area contributed by atoms with Crippen LogP contribution in [0.4, 0.5) is 32.0 Å². The standard InChI is InChI=1S/C12H13F6N/c1-7(3-2-4-12(16,17)18)19-11-6-9(14)8(13)5-10(11)15/h5-7,19H,2-4H2,1H3. The minimum absolute atomic E-state index is 0.122. The smallest absolute Gasteiger partial charge is 0.380 e. The van der Waals surface area contributed by atoms with Gasteiger partial charge in [0.05, 0.1) is 5.69 Å². The van der Waals surface area contributed by atoms with Crippen molar-refractivity contribution in [2.24, 2.45) is 0 Å². The normalized spacial score (nSPS) is 13.4. The first-order valence-corrected chi connectivity index (χ1v) is 5.67. The highest BCUT2D eigenvalue weighted by molar-refractivity contribution is 5.45. The third kappa shape index (κ3) is 5.40. The number of anilines is 1. The molecule has 19 heavy (non-hydrogen) atoms. The highest BCUT2D eigenvalue weighted by Gasteiger charge is 2.26. The van der Waals surface area contributed by atoms with E-state index in [1.807, 2.05) is 0 Å². The Balaban J connectivity index is 2.53. The van der Waals surface area contributed by atoms with Gasteiger partial charge in [-0.2, -0.15) is 13.2 Å². The average molecular weight is 285 g/mol. The molecule has 0 fully saturated rings. The molecule has 1 aromatic carbocycles. The zero-order valence-electron chi connectivity index (χ0n) is 10.1. The molecular formula is C12H13F6N. The van der Waals surface area contributed by atoms with Crippen molar-refractivity contribution >= 4 is 5.69 Å². The summed E-state index contributed by atoms with van der Waals surface area (Å²) in [5, 5.41) is 2.52. The van der Waals surface area contributed by atoms with Crippen molar-refractivity contribution in [3.05, 3.63) is 29.6 Å². The summed E-state index contributed by atoms with van der Waals surface area (Å²) in [6.07, 6.45) is -5.15. The highest BCUT2D eigenvalue weighted by Crippen LogP contribution is 2.24. The lowest BCUT2D eigenvalue weighted by Crippen LogP contribution is -2.17. The molecule has 0 heterocycles. The summed E-state index contributed by atoms with van der Waals surface area (Å²) >= 11 is 0. The molecule has 7 heteroatoms. The summed E-state index contributed by atoms with van der Waals surface area (Å²) in [6.45, 7) is 1.54. The molecule has 1 N–H and O–H groups in total. The van der Waals surface area contributed by atoms with Crippen LogP contribution in [0.25, 0.3) is 0 Å². The molecule has 0 aliphatic carbocycles. The van der Waals surface area contributed by atoms with Gasteiger partial charge < -0.3 is 5.32 Å². The molecule has 0 bridgehead atoms. The Morgan fingerprint density at radius 2 is 1.63 bits per heavy atom. The Bertz CT molecular complexity index is 429. The Morgan fingerprint density at radius 3 is 2.21 bits per heavy atom. The van der Waals surface area contributed by atoms with Crippen LogP contribution in [0.1, 0.15) is 26.2 Å². The Kier molecular flexibility index (Phi) is 5.08. The van der Waals surface area contributed by atoms with Crippen LogP contribution in [-0.4, -0.2) is 12.2 Å². The van der Waals surface area contributed by atoms with Crippen LogP contribution in [-0.2, 0) is 0 Å². The third-order valence-corrected chi connectivity index (χ3v) is 2.51. The number of rotatable bonds is 5. The van der Waals surface area contributed by atoms with Crippen molar-refractivity contribution in [2.75, 3.05) is 5.32 Å². The Morgan fingerprint density at radius 1 is 1.05 bits per heavy atom. The first kappa shape index (κ1) is 15.7. The van der Waals surface area contributed by atoms with Crippen molar-refractivity contribution in [3.8, 4) is 0 Å². The lowest BCUT2D eigenvalue weighted by Gasteiger charge is -2.16. The highest BCUT2D eigenvalue weighted by atomic mass is 19.4. The quantitative estimate of drug-likeness (QED) is 0.614. The number of alkyl halides is 3. The molecule has 1 rings (SSSR count). The van der Waals surface area contributed by atoms with Gasteiger partial charge in [0.1, 0.15) is 5.82 Å². The maximum absolute atomic E-state index is 13.3. The lowest BCUT2D eigenvalue weighted by molar-refractivity contribution is -0.135. The van der Waals surface area contributed by atoms with E-state index in [-0.39, 0.29) is 18.5 Å². The van der Waals surface area contributed by atoms with Crippen LogP contribution in [0, 0.1) is 17.5 Å². The maximum Gasteiger partial charge on any atom is 0.389 e. The van der Waals surface area contributed by atoms with E-state index in [1.165, 1.54) is 6.92 Å². The topological polar surface area (TPSA) is 12.0 Å². The van der Waals surface area contributed by atoms with Gasteiger partial charge in [-0.05, 0) is 19.8 Å². The van der Waals surface area contributed by atoms with Crippen LogP contribution in [0.2, 0.25) is 0 Å². The van der Waals surface area contributed by atoms with Crippen LogP contribution in [0.15, 0.2) is 12.1 Å². The zero-order chi connectivity index (χ0) is 14.6. The summed E-state index contributed by atoms with van der Waals surface area (Å²) in [7, 11) is 0. The van der Waals surface area contributed by atoms with Crippen LogP contribution in [0.5, 0.6) is 0 Å². The van der Waals surface area contributed by atoms with Gasteiger partial charge in [-0.1, -0.05) is 0 Å². The summed E-state index contributed by atoms with van der Waals surface area (Å²) in [5.41, 5.74) is -0.265. The second-order valence-corrected chi connectivity index (χ2v) is 4.30. The van der Waals surface area contributed by atoms with Gasteiger partial charge >= 0.3 is 6.18 Å². The van der Waals surface area contributed by atoms with E-state index in [2.05, 4.69) is 5.32 Å². The number of hydrogen-bond donors (Lipinski definition) is 1. The Labute approximate surface area is 106 Å². The molecule has 0 aromatic heterocycles. The molecule has 1 unspecified atom stereocenters. The van der Waals surface area contributed by atoms with Crippen LogP contribution in [0.3, 0.4) is 0 Å². The molecule has 1 aromatic rings. The second-order valence-electron chi connectivity index (χ2n) is 4.30. The molecule has 0 aliphatic rings. The predicted molar refractivity (Wildman–Crippen MR) is 59.3 cm³/mol. The molecule has 0 aliphatic heterocycles. The van der Waals surface area contributed by atoms with E-state index in [9.17, 15) is 26.3 Å². The van der Waals surface area contributed by atoms with Gasteiger partial charge in [-0.25, -0.2) is 13.2 Å². The fourth-order valence-corrected chi connectivity index (χ4v) is 1.58. The molecule has 0 saturated heterocycles. The molecule has 0 amide bonds.